The summed E-state index contributed by atoms with van der Waals surface area (Å²) in [4.78, 5) is 0. The fourth-order valence-corrected chi connectivity index (χ4v) is 1.64. The minimum Gasteiger partial charge on any atom is -0.504 e. The van der Waals surface area contributed by atoms with E-state index in [1.54, 1.807) is 12.1 Å². The van der Waals surface area contributed by atoms with Gasteiger partial charge in [-0.15, -0.1) is 0 Å². The molecule has 1 aromatic carbocycles. The molecule has 0 saturated carbocycles. The average Bonchev–Trinajstić information content (AvgIpc) is 2.87. The smallest absolute Gasteiger partial charge is 0.162 e. The number of para-hydroxylation sites is 1. The van der Waals surface area contributed by atoms with E-state index < -0.39 is 0 Å². The van der Waals surface area contributed by atoms with Crippen molar-refractivity contribution >= 4 is 0 Å². The lowest BCUT2D eigenvalue weighted by molar-refractivity contribution is 0.316. The van der Waals surface area contributed by atoms with E-state index in [-0.39, 0.29) is 5.75 Å². The second kappa shape index (κ2) is 6.07. The summed E-state index contributed by atoms with van der Waals surface area (Å²) in [5.74, 6) is 0.699. The first kappa shape index (κ1) is 12.4. The van der Waals surface area contributed by atoms with Crippen LogP contribution >= 0.6 is 0 Å². The average molecular weight is 248 g/mol. The molecular weight excluding hydrogens is 232 g/mol. The van der Waals surface area contributed by atoms with E-state index in [1.807, 2.05) is 19.1 Å². The number of nitrogens with zero attached hydrogens (tertiary/aromatic N) is 1. The van der Waals surface area contributed by atoms with Gasteiger partial charge >= 0.3 is 0 Å². The zero-order valence-corrected chi connectivity index (χ0v) is 10.2. The molecule has 0 aliphatic heterocycles. The lowest BCUT2D eigenvalue weighted by atomic mass is 10.2. The van der Waals surface area contributed by atoms with Crippen LogP contribution in [0.4, 0.5) is 0 Å². The lowest BCUT2D eigenvalue weighted by Crippen LogP contribution is -2.13. The van der Waals surface area contributed by atoms with Gasteiger partial charge in [-0.1, -0.05) is 17.3 Å². The van der Waals surface area contributed by atoms with E-state index >= 15 is 0 Å². The van der Waals surface area contributed by atoms with Gasteiger partial charge in [-0.3, -0.25) is 0 Å². The number of rotatable bonds is 6. The highest BCUT2D eigenvalue weighted by Crippen LogP contribution is 2.29. The van der Waals surface area contributed by atoms with Crippen LogP contribution in [0.5, 0.6) is 11.5 Å². The number of aromatic nitrogens is 1. The zero-order valence-electron chi connectivity index (χ0n) is 10.2. The molecule has 0 bridgehead atoms. The third-order valence-corrected chi connectivity index (χ3v) is 2.50. The summed E-state index contributed by atoms with van der Waals surface area (Å²) in [7, 11) is 0. The number of phenols is 1. The summed E-state index contributed by atoms with van der Waals surface area (Å²) >= 11 is 0. The minimum absolute atomic E-state index is 0.187. The van der Waals surface area contributed by atoms with Crippen molar-refractivity contribution in [2.24, 2.45) is 0 Å². The van der Waals surface area contributed by atoms with Crippen LogP contribution in [-0.2, 0) is 13.1 Å². The number of phenolic OH excluding ortho intramolecular Hbond substituents is 1. The predicted octanol–water partition coefficient (Wildman–Crippen LogP) is 2.07. The molecule has 0 aliphatic rings. The lowest BCUT2D eigenvalue weighted by Gasteiger charge is -2.10. The van der Waals surface area contributed by atoms with Crippen LogP contribution < -0.4 is 10.1 Å². The monoisotopic (exact) mass is 248 g/mol. The standard InChI is InChI=1S/C13H16N2O3/c1-2-17-12-5-3-4-10(13(12)16)8-14-9-11-6-7-18-15-11/h3-7,14,16H,2,8-9H2,1H3. The first-order valence-electron chi connectivity index (χ1n) is 5.85. The Morgan fingerprint density at radius 1 is 1.33 bits per heavy atom. The molecule has 96 valence electrons. The van der Waals surface area contributed by atoms with Gasteiger partial charge in [0.05, 0.1) is 12.3 Å². The van der Waals surface area contributed by atoms with Gasteiger partial charge in [-0.2, -0.15) is 0 Å². The highest BCUT2D eigenvalue weighted by Gasteiger charge is 2.07. The van der Waals surface area contributed by atoms with Gasteiger partial charge in [0.25, 0.3) is 0 Å². The molecule has 0 radical (unpaired) electrons. The maximum atomic E-state index is 9.98. The Morgan fingerprint density at radius 2 is 2.22 bits per heavy atom. The quantitative estimate of drug-likeness (QED) is 0.819. The molecule has 0 atom stereocenters. The molecule has 5 heteroatoms. The Hall–Kier alpha value is -2.01. The molecule has 5 nitrogen and oxygen atoms in total. The Morgan fingerprint density at radius 3 is 2.94 bits per heavy atom. The summed E-state index contributed by atoms with van der Waals surface area (Å²) in [6, 6.07) is 7.26. The van der Waals surface area contributed by atoms with Crippen LogP contribution in [0.2, 0.25) is 0 Å². The normalized spacial score (nSPS) is 10.5. The van der Waals surface area contributed by atoms with Crippen molar-refractivity contribution in [3.8, 4) is 11.5 Å². The highest BCUT2D eigenvalue weighted by atomic mass is 16.5. The van der Waals surface area contributed by atoms with Crippen molar-refractivity contribution in [1.82, 2.24) is 10.5 Å². The molecule has 2 aromatic rings. The SMILES string of the molecule is CCOc1cccc(CNCc2ccon2)c1O. The number of hydrogen-bond donors (Lipinski definition) is 2. The van der Waals surface area contributed by atoms with Crippen LogP contribution in [0.1, 0.15) is 18.2 Å². The van der Waals surface area contributed by atoms with Gasteiger partial charge < -0.3 is 19.7 Å². The number of benzene rings is 1. The molecule has 0 fully saturated rings. The van der Waals surface area contributed by atoms with Crippen LogP contribution in [-0.4, -0.2) is 16.9 Å². The van der Waals surface area contributed by atoms with Crippen LogP contribution in [0, 0.1) is 0 Å². The van der Waals surface area contributed by atoms with Crippen LogP contribution in [0.15, 0.2) is 35.1 Å². The molecule has 0 spiro atoms. The van der Waals surface area contributed by atoms with Crippen LogP contribution in [0.3, 0.4) is 0 Å². The Balaban J connectivity index is 1.94. The van der Waals surface area contributed by atoms with Gasteiger partial charge in [0.15, 0.2) is 11.5 Å². The largest absolute Gasteiger partial charge is 0.504 e. The van der Waals surface area contributed by atoms with Crippen molar-refractivity contribution in [2.75, 3.05) is 6.61 Å². The maximum Gasteiger partial charge on any atom is 0.162 e. The van der Waals surface area contributed by atoms with Crippen molar-refractivity contribution < 1.29 is 14.4 Å². The number of nitrogens with one attached hydrogen (secondary N) is 1. The van der Waals surface area contributed by atoms with E-state index in [4.69, 9.17) is 9.26 Å². The molecule has 1 heterocycles. The Kier molecular flexibility index (Phi) is 4.20. The summed E-state index contributed by atoms with van der Waals surface area (Å²) in [5.41, 5.74) is 1.62. The zero-order chi connectivity index (χ0) is 12.8. The third-order valence-electron chi connectivity index (χ3n) is 2.50. The fraction of sp³-hybridized carbons (Fsp3) is 0.308. The van der Waals surface area contributed by atoms with E-state index in [2.05, 4.69) is 10.5 Å². The summed E-state index contributed by atoms with van der Waals surface area (Å²) in [6.45, 7) is 3.55. The number of ether oxygens (including phenoxy) is 1. The number of hydrogen-bond acceptors (Lipinski definition) is 5. The van der Waals surface area contributed by atoms with Crippen molar-refractivity contribution in [2.45, 2.75) is 20.0 Å². The molecule has 2 rings (SSSR count). The minimum atomic E-state index is 0.187. The van der Waals surface area contributed by atoms with Crippen molar-refractivity contribution in [3.05, 3.63) is 41.8 Å². The van der Waals surface area contributed by atoms with Gasteiger partial charge in [0.2, 0.25) is 0 Å². The first-order chi connectivity index (χ1) is 8.81. The van der Waals surface area contributed by atoms with Gasteiger partial charge in [-0.05, 0) is 13.0 Å². The highest BCUT2D eigenvalue weighted by molar-refractivity contribution is 5.45. The molecule has 18 heavy (non-hydrogen) atoms. The summed E-state index contributed by atoms with van der Waals surface area (Å²) < 4.78 is 10.1. The van der Waals surface area contributed by atoms with Crippen molar-refractivity contribution in [1.29, 1.82) is 0 Å². The first-order valence-corrected chi connectivity index (χ1v) is 5.85. The molecule has 0 saturated heterocycles. The van der Waals surface area contributed by atoms with E-state index in [0.29, 0.717) is 25.4 Å². The van der Waals surface area contributed by atoms with Gasteiger partial charge in [-0.25, -0.2) is 0 Å². The Labute approximate surface area is 105 Å². The fourth-order valence-electron chi connectivity index (χ4n) is 1.64. The second-order valence-electron chi connectivity index (χ2n) is 3.79. The van der Waals surface area contributed by atoms with E-state index in [1.165, 1.54) is 6.26 Å². The van der Waals surface area contributed by atoms with Gasteiger partial charge in [0, 0.05) is 24.7 Å². The molecule has 0 unspecified atom stereocenters. The van der Waals surface area contributed by atoms with Gasteiger partial charge in [0.1, 0.15) is 6.26 Å². The molecular formula is C13H16N2O3. The third kappa shape index (κ3) is 3.01. The molecule has 2 N–H and O–H groups in total. The number of aromatic hydroxyl groups is 1. The van der Waals surface area contributed by atoms with E-state index in [9.17, 15) is 5.11 Å². The molecule has 1 aromatic heterocycles. The Bertz CT molecular complexity index is 483. The molecule has 0 amide bonds. The van der Waals surface area contributed by atoms with Crippen molar-refractivity contribution in [3.63, 3.8) is 0 Å². The van der Waals surface area contributed by atoms with E-state index in [0.717, 1.165) is 11.3 Å². The second-order valence-corrected chi connectivity index (χ2v) is 3.79. The molecule has 0 aliphatic carbocycles. The topological polar surface area (TPSA) is 67.5 Å². The summed E-state index contributed by atoms with van der Waals surface area (Å²) in [5, 5.41) is 16.9. The van der Waals surface area contributed by atoms with Crippen LogP contribution in [0.25, 0.3) is 0 Å². The maximum absolute atomic E-state index is 9.98. The summed E-state index contributed by atoms with van der Waals surface area (Å²) in [6.07, 6.45) is 1.53. The predicted molar refractivity (Wildman–Crippen MR) is 66.3 cm³/mol.